The molecular formula is C8H17NO9. The molecule has 108 valence electrons. The summed E-state index contributed by atoms with van der Waals surface area (Å²) in [5.74, 6) is -3.68. The Hall–Kier alpha value is -1.30. The Morgan fingerprint density at radius 3 is 1.22 bits per heavy atom. The highest BCUT2D eigenvalue weighted by Gasteiger charge is 2.37. The molecule has 0 aromatic heterocycles. The van der Waals surface area contributed by atoms with Crippen molar-refractivity contribution < 1.29 is 45.3 Å². The van der Waals surface area contributed by atoms with Crippen LogP contribution in [0.1, 0.15) is 0 Å². The summed E-state index contributed by atoms with van der Waals surface area (Å²) < 4.78 is 0. The van der Waals surface area contributed by atoms with Gasteiger partial charge in [0.15, 0.2) is 12.2 Å². The van der Waals surface area contributed by atoms with E-state index in [9.17, 15) is 9.59 Å². The van der Waals surface area contributed by atoms with Crippen LogP contribution in [0.25, 0.3) is 0 Å². The van der Waals surface area contributed by atoms with Crippen LogP contribution >= 0.6 is 0 Å². The van der Waals surface area contributed by atoms with Gasteiger partial charge in [0.1, 0.15) is 12.2 Å². The van der Waals surface area contributed by atoms with Crippen molar-refractivity contribution in [2.24, 2.45) is 5.73 Å². The van der Waals surface area contributed by atoms with E-state index < -0.39 is 36.4 Å². The minimum absolute atomic E-state index is 0.0972. The molecule has 0 aliphatic carbocycles. The first-order valence-corrected chi connectivity index (χ1v) is 4.69. The smallest absolute Gasteiger partial charge is 0.335 e. The van der Waals surface area contributed by atoms with Gasteiger partial charge >= 0.3 is 11.9 Å². The van der Waals surface area contributed by atoms with Gasteiger partial charge in [-0.15, -0.1) is 0 Å². The lowest BCUT2D eigenvalue weighted by atomic mass is 10.0. The van der Waals surface area contributed by atoms with Crippen LogP contribution in [0, 0.1) is 0 Å². The Morgan fingerprint density at radius 1 is 0.889 bits per heavy atom. The average Bonchev–Trinajstić information content (AvgIpc) is 2.34. The van der Waals surface area contributed by atoms with E-state index in [1.807, 2.05) is 0 Å². The fraction of sp³-hybridized carbons (Fsp3) is 0.750. The van der Waals surface area contributed by atoms with Crippen LogP contribution in [0.5, 0.6) is 0 Å². The van der Waals surface area contributed by atoms with E-state index in [0.717, 1.165) is 0 Å². The molecule has 0 unspecified atom stereocenters. The second-order valence-corrected chi connectivity index (χ2v) is 3.06. The molecule has 0 aromatic carbocycles. The minimum Gasteiger partial charge on any atom is -0.479 e. The van der Waals surface area contributed by atoms with Crippen LogP contribution < -0.4 is 5.73 Å². The molecular weight excluding hydrogens is 254 g/mol. The lowest BCUT2D eigenvalue weighted by Gasteiger charge is -2.21. The summed E-state index contributed by atoms with van der Waals surface area (Å²) in [6.07, 6.45) is -9.28. The van der Waals surface area contributed by atoms with Crippen LogP contribution in [0.15, 0.2) is 0 Å². The molecule has 0 fully saturated rings. The number of carbonyl (C=O) groups is 2. The standard InChI is InChI=1S/C6H10O8.C2H7NO/c7-1(3(9)5(11)12)2(8)4(10)6(13)14;3-1-2-4/h1-4,7-10H,(H,11,12)(H,13,14);4H,1-3H2/t1-,2+,3+,4-;. The van der Waals surface area contributed by atoms with Crippen LogP contribution in [0.2, 0.25) is 0 Å². The number of hydrogen-bond donors (Lipinski definition) is 8. The molecule has 0 heterocycles. The number of carboxylic acid groups (broad SMARTS) is 2. The first kappa shape index (κ1) is 19.0. The third-order valence-corrected chi connectivity index (χ3v) is 1.63. The summed E-state index contributed by atoms with van der Waals surface area (Å²) in [5, 5.41) is 59.2. The summed E-state index contributed by atoms with van der Waals surface area (Å²) in [6.45, 7) is 0.472. The minimum atomic E-state index is -2.36. The molecule has 10 nitrogen and oxygen atoms in total. The van der Waals surface area contributed by atoms with Gasteiger partial charge in [-0.3, -0.25) is 0 Å². The Morgan fingerprint density at radius 2 is 1.11 bits per heavy atom. The quantitative estimate of drug-likeness (QED) is 0.233. The summed E-state index contributed by atoms with van der Waals surface area (Å²) in [5.41, 5.74) is 4.78. The number of hydrogen-bond acceptors (Lipinski definition) is 8. The van der Waals surface area contributed by atoms with E-state index in [2.05, 4.69) is 0 Å². The third kappa shape index (κ3) is 7.11. The molecule has 0 bridgehead atoms. The zero-order valence-electron chi connectivity index (χ0n) is 9.25. The molecule has 9 N–H and O–H groups in total. The normalized spacial score (nSPS) is 16.8. The van der Waals surface area contributed by atoms with Gasteiger partial charge in [-0.05, 0) is 0 Å². The Labute approximate surface area is 102 Å². The van der Waals surface area contributed by atoms with Crippen LogP contribution in [-0.4, -0.2) is 85.3 Å². The van der Waals surface area contributed by atoms with E-state index in [4.69, 9.17) is 41.5 Å². The average molecular weight is 271 g/mol. The molecule has 4 atom stereocenters. The predicted octanol–water partition coefficient (Wildman–Crippen LogP) is -4.46. The number of aliphatic carboxylic acids is 2. The van der Waals surface area contributed by atoms with Gasteiger partial charge in [-0.1, -0.05) is 0 Å². The first-order valence-electron chi connectivity index (χ1n) is 4.69. The van der Waals surface area contributed by atoms with Crippen molar-refractivity contribution in [3.63, 3.8) is 0 Å². The fourth-order valence-corrected chi connectivity index (χ4v) is 0.666. The van der Waals surface area contributed by atoms with Gasteiger partial charge in [-0.2, -0.15) is 0 Å². The van der Waals surface area contributed by atoms with E-state index in [-0.39, 0.29) is 6.61 Å². The lowest BCUT2D eigenvalue weighted by Crippen LogP contribution is -2.49. The molecule has 0 amide bonds. The third-order valence-electron chi connectivity index (χ3n) is 1.63. The molecule has 18 heavy (non-hydrogen) atoms. The maximum absolute atomic E-state index is 10.1. The zero-order chi connectivity index (χ0) is 14.9. The molecule has 0 radical (unpaired) electrons. The van der Waals surface area contributed by atoms with Crippen LogP contribution in [0.3, 0.4) is 0 Å². The number of nitrogens with two attached hydrogens (primary N) is 1. The van der Waals surface area contributed by atoms with Crippen LogP contribution in [0.4, 0.5) is 0 Å². The van der Waals surface area contributed by atoms with Crippen molar-refractivity contribution in [1.82, 2.24) is 0 Å². The molecule has 10 heteroatoms. The molecule has 0 saturated heterocycles. The van der Waals surface area contributed by atoms with Crippen molar-refractivity contribution in [1.29, 1.82) is 0 Å². The molecule has 0 aromatic rings. The van der Waals surface area contributed by atoms with Gasteiger partial charge < -0.3 is 41.5 Å². The predicted molar refractivity (Wildman–Crippen MR) is 55.4 cm³/mol. The number of rotatable bonds is 6. The van der Waals surface area contributed by atoms with Gasteiger partial charge in [-0.25, -0.2) is 9.59 Å². The monoisotopic (exact) mass is 271 g/mol. The molecule has 0 aliphatic heterocycles. The van der Waals surface area contributed by atoms with Crippen molar-refractivity contribution in [3.8, 4) is 0 Å². The van der Waals surface area contributed by atoms with Crippen molar-refractivity contribution in [2.75, 3.05) is 13.2 Å². The molecule has 0 rings (SSSR count). The summed E-state index contributed by atoms with van der Waals surface area (Å²) >= 11 is 0. The Kier molecular flexibility index (Phi) is 10.3. The topological polar surface area (TPSA) is 202 Å². The lowest BCUT2D eigenvalue weighted by molar-refractivity contribution is -0.172. The van der Waals surface area contributed by atoms with Gasteiger partial charge in [0, 0.05) is 6.54 Å². The SMILES string of the molecule is NCCO.O=C(O)[C@@H](O)[C@H](O)[C@H](O)[C@@H](O)C(=O)O. The number of aliphatic hydroxyl groups excluding tert-OH is 5. The largest absolute Gasteiger partial charge is 0.479 e. The van der Waals surface area contributed by atoms with Crippen molar-refractivity contribution >= 4 is 11.9 Å². The Bertz CT molecular complexity index is 233. The van der Waals surface area contributed by atoms with Gasteiger partial charge in [0.05, 0.1) is 6.61 Å². The highest BCUT2D eigenvalue weighted by atomic mass is 16.4. The summed E-state index contributed by atoms with van der Waals surface area (Å²) in [6, 6.07) is 0. The zero-order valence-corrected chi connectivity index (χ0v) is 9.25. The van der Waals surface area contributed by atoms with Crippen molar-refractivity contribution in [2.45, 2.75) is 24.4 Å². The first-order chi connectivity index (χ1) is 8.20. The van der Waals surface area contributed by atoms with E-state index in [1.165, 1.54) is 0 Å². The van der Waals surface area contributed by atoms with E-state index in [0.29, 0.717) is 6.54 Å². The van der Waals surface area contributed by atoms with Crippen molar-refractivity contribution in [3.05, 3.63) is 0 Å². The highest BCUT2D eigenvalue weighted by Crippen LogP contribution is 2.05. The number of carboxylic acids is 2. The van der Waals surface area contributed by atoms with Crippen LogP contribution in [-0.2, 0) is 9.59 Å². The van der Waals surface area contributed by atoms with E-state index >= 15 is 0 Å². The molecule has 0 saturated carbocycles. The highest BCUT2D eigenvalue weighted by molar-refractivity contribution is 5.75. The second kappa shape index (κ2) is 9.70. The Balaban J connectivity index is 0. The van der Waals surface area contributed by atoms with E-state index in [1.54, 1.807) is 0 Å². The second-order valence-electron chi connectivity index (χ2n) is 3.06. The van der Waals surface area contributed by atoms with Gasteiger partial charge in [0.25, 0.3) is 0 Å². The maximum Gasteiger partial charge on any atom is 0.335 e. The maximum atomic E-state index is 10.1. The van der Waals surface area contributed by atoms with Gasteiger partial charge in [0.2, 0.25) is 0 Å². The number of aliphatic hydroxyl groups is 5. The summed E-state index contributed by atoms with van der Waals surface area (Å²) in [7, 11) is 0. The summed E-state index contributed by atoms with van der Waals surface area (Å²) in [4.78, 5) is 20.2. The fourth-order valence-electron chi connectivity index (χ4n) is 0.666. The molecule has 0 spiro atoms. The molecule has 0 aliphatic rings.